The predicted octanol–water partition coefficient (Wildman–Crippen LogP) is 3.59. The van der Waals surface area contributed by atoms with Crippen LogP contribution in [0, 0.1) is 11.8 Å². The molecule has 0 aromatic rings. The Morgan fingerprint density at radius 1 is 1.26 bits per heavy atom. The van der Waals surface area contributed by atoms with Crippen molar-refractivity contribution in [3.05, 3.63) is 23.3 Å². The average molecular weight is 261 g/mol. The minimum Gasteiger partial charge on any atom is -0.300 e. The van der Waals surface area contributed by atoms with Crippen LogP contribution in [0.5, 0.6) is 0 Å². The van der Waals surface area contributed by atoms with E-state index in [-0.39, 0.29) is 17.0 Å². The molecular formula is C17H27NO. The maximum absolute atomic E-state index is 11.9. The molecule has 0 fully saturated rings. The smallest absolute Gasteiger partial charge is 0.133 e. The fraction of sp³-hybridized carbons (Fsp3) is 0.706. The fourth-order valence-electron chi connectivity index (χ4n) is 4.33. The lowest BCUT2D eigenvalue weighted by molar-refractivity contribution is -0.121. The molecule has 0 aromatic heterocycles. The third-order valence-electron chi connectivity index (χ3n) is 5.62. The number of ketones is 1. The zero-order valence-corrected chi connectivity index (χ0v) is 13.4. The van der Waals surface area contributed by atoms with Crippen LogP contribution in [0.2, 0.25) is 0 Å². The maximum atomic E-state index is 11.9. The Morgan fingerprint density at radius 3 is 2.26 bits per heavy atom. The molecule has 0 saturated carbocycles. The van der Waals surface area contributed by atoms with Crippen LogP contribution >= 0.6 is 0 Å². The van der Waals surface area contributed by atoms with Crippen LogP contribution in [0.15, 0.2) is 23.3 Å². The van der Waals surface area contributed by atoms with Gasteiger partial charge in [0.25, 0.3) is 0 Å². The number of carbonyl (C=O) groups is 1. The molecule has 2 unspecified atom stereocenters. The normalized spacial score (nSPS) is 33.5. The monoisotopic (exact) mass is 261 g/mol. The van der Waals surface area contributed by atoms with E-state index < -0.39 is 0 Å². The minimum atomic E-state index is -0.00465. The molecule has 1 heterocycles. The first-order valence-corrected chi connectivity index (χ1v) is 7.20. The third kappa shape index (κ3) is 1.76. The van der Waals surface area contributed by atoms with Crippen molar-refractivity contribution in [3.63, 3.8) is 0 Å². The number of Topliss-reactive ketones (excluding diaryl/α,β-unsaturated/α-hetero) is 1. The van der Waals surface area contributed by atoms with Gasteiger partial charge in [0.05, 0.1) is 0 Å². The summed E-state index contributed by atoms with van der Waals surface area (Å²) < 4.78 is 0. The molecule has 0 aromatic carbocycles. The van der Waals surface area contributed by atoms with Crippen LogP contribution in [0.4, 0.5) is 0 Å². The molecule has 1 aliphatic heterocycles. The van der Waals surface area contributed by atoms with Crippen LogP contribution in [-0.2, 0) is 4.79 Å². The van der Waals surface area contributed by atoms with E-state index in [0.717, 1.165) is 12.0 Å². The Kier molecular flexibility index (Phi) is 3.10. The lowest BCUT2D eigenvalue weighted by Gasteiger charge is -2.40. The summed E-state index contributed by atoms with van der Waals surface area (Å²) >= 11 is 0. The van der Waals surface area contributed by atoms with Gasteiger partial charge in [0, 0.05) is 17.0 Å². The number of hydrogen-bond donors (Lipinski definition) is 0. The highest BCUT2D eigenvalue weighted by Crippen LogP contribution is 2.54. The summed E-state index contributed by atoms with van der Waals surface area (Å²) in [4.78, 5) is 14.3. The summed E-state index contributed by atoms with van der Waals surface area (Å²) in [6.45, 7) is 17.3. The summed E-state index contributed by atoms with van der Waals surface area (Å²) in [5, 5.41) is 0. The Balaban J connectivity index is 2.64. The highest BCUT2D eigenvalue weighted by molar-refractivity contribution is 5.80. The van der Waals surface area contributed by atoms with Crippen molar-refractivity contribution in [2.75, 3.05) is 7.05 Å². The van der Waals surface area contributed by atoms with Gasteiger partial charge in [-0.3, -0.25) is 9.69 Å². The standard InChI is InChI=1S/C17H27NO/c1-10-9-13(12(3)19)11(2)15-14(10)16(4,5)18(8)17(15,6)7/h11,13H,1,9H2,2-8H3. The van der Waals surface area contributed by atoms with Crippen molar-refractivity contribution in [1.29, 1.82) is 0 Å². The van der Waals surface area contributed by atoms with E-state index >= 15 is 0 Å². The molecule has 2 rings (SSSR count). The van der Waals surface area contributed by atoms with Crippen molar-refractivity contribution in [3.8, 4) is 0 Å². The summed E-state index contributed by atoms with van der Waals surface area (Å²) in [6, 6.07) is 0. The average Bonchev–Trinajstić information content (AvgIpc) is 2.42. The van der Waals surface area contributed by atoms with E-state index in [1.54, 1.807) is 6.92 Å². The summed E-state index contributed by atoms with van der Waals surface area (Å²) in [5.41, 5.74) is 3.98. The largest absolute Gasteiger partial charge is 0.300 e. The second-order valence-electron chi connectivity index (χ2n) is 7.28. The van der Waals surface area contributed by atoms with Gasteiger partial charge in [-0.2, -0.15) is 0 Å². The molecular weight excluding hydrogens is 234 g/mol. The van der Waals surface area contributed by atoms with E-state index in [1.165, 1.54) is 11.1 Å². The van der Waals surface area contributed by atoms with Gasteiger partial charge in [-0.15, -0.1) is 0 Å². The number of nitrogens with zero attached hydrogens (tertiary/aromatic N) is 1. The van der Waals surface area contributed by atoms with Crippen LogP contribution in [0.3, 0.4) is 0 Å². The topological polar surface area (TPSA) is 20.3 Å². The van der Waals surface area contributed by atoms with Crippen LogP contribution < -0.4 is 0 Å². The molecule has 0 bridgehead atoms. The molecule has 0 amide bonds. The zero-order chi connectivity index (χ0) is 14.7. The van der Waals surface area contributed by atoms with Crippen LogP contribution in [0.25, 0.3) is 0 Å². The lowest BCUT2D eigenvalue weighted by Crippen LogP contribution is -2.48. The molecule has 106 valence electrons. The quantitative estimate of drug-likeness (QED) is 0.719. The van der Waals surface area contributed by atoms with Crippen molar-refractivity contribution in [2.24, 2.45) is 11.8 Å². The molecule has 0 spiro atoms. The van der Waals surface area contributed by atoms with E-state index in [4.69, 9.17) is 0 Å². The van der Waals surface area contributed by atoms with Gasteiger partial charge in [0.2, 0.25) is 0 Å². The summed E-state index contributed by atoms with van der Waals surface area (Å²) in [5.74, 6) is 0.716. The molecule has 0 radical (unpaired) electrons. The van der Waals surface area contributed by atoms with E-state index in [0.29, 0.717) is 11.7 Å². The highest BCUT2D eigenvalue weighted by Gasteiger charge is 2.53. The predicted molar refractivity (Wildman–Crippen MR) is 80.0 cm³/mol. The molecule has 2 atom stereocenters. The van der Waals surface area contributed by atoms with Gasteiger partial charge in [0.15, 0.2) is 0 Å². The van der Waals surface area contributed by atoms with Crippen molar-refractivity contribution in [2.45, 2.75) is 59.0 Å². The summed E-state index contributed by atoms with van der Waals surface area (Å²) in [6.07, 6.45) is 0.822. The van der Waals surface area contributed by atoms with Crippen molar-refractivity contribution in [1.82, 2.24) is 4.90 Å². The molecule has 0 saturated heterocycles. The first-order valence-electron chi connectivity index (χ1n) is 7.20. The lowest BCUT2D eigenvalue weighted by atomic mass is 9.67. The molecule has 2 heteroatoms. The number of hydrogen-bond acceptors (Lipinski definition) is 2. The van der Waals surface area contributed by atoms with Gasteiger partial charge in [-0.25, -0.2) is 0 Å². The Hall–Kier alpha value is -0.890. The number of carbonyl (C=O) groups excluding carboxylic acids is 1. The Bertz CT molecular complexity index is 481. The van der Waals surface area contributed by atoms with Gasteiger partial charge in [0.1, 0.15) is 5.78 Å². The second kappa shape index (κ2) is 4.05. The van der Waals surface area contributed by atoms with Gasteiger partial charge in [-0.1, -0.05) is 13.5 Å². The Labute approximate surface area is 117 Å². The van der Waals surface area contributed by atoms with E-state index in [9.17, 15) is 4.79 Å². The minimum absolute atomic E-state index is 0.00465. The molecule has 1 aliphatic carbocycles. The highest BCUT2D eigenvalue weighted by atomic mass is 16.1. The molecule has 19 heavy (non-hydrogen) atoms. The maximum Gasteiger partial charge on any atom is 0.133 e. The molecule has 0 N–H and O–H groups in total. The van der Waals surface area contributed by atoms with Crippen LogP contribution in [-0.4, -0.2) is 28.8 Å². The molecule has 2 aliphatic rings. The number of likely N-dealkylation sites (N-methyl/N-ethyl adjacent to an activating group) is 1. The SMILES string of the molecule is C=C1CC(C(C)=O)C(C)C2=C1C(C)(C)N(C)C2(C)C. The van der Waals surface area contributed by atoms with Crippen molar-refractivity contribution < 1.29 is 4.79 Å². The zero-order valence-electron chi connectivity index (χ0n) is 13.4. The van der Waals surface area contributed by atoms with Gasteiger partial charge >= 0.3 is 0 Å². The molecule has 2 nitrogen and oxygen atoms in total. The van der Waals surface area contributed by atoms with E-state index in [2.05, 4.69) is 53.1 Å². The number of rotatable bonds is 1. The van der Waals surface area contributed by atoms with Crippen molar-refractivity contribution >= 4 is 5.78 Å². The van der Waals surface area contributed by atoms with Gasteiger partial charge in [-0.05, 0) is 70.7 Å². The third-order valence-corrected chi connectivity index (χ3v) is 5.62. The second-order valence-corrected chi connectivity index (χ2v) is 7.28. The summed E-state index contributed by atoms with van der Waals surface area (Å²) in [7, 11) is 2.18. The van der Waals surface area contributed by atoms with E-state index in [1.807, 2.05) is 0 Å². The van der Waals surface area contributed by atoms with Gasteiger partial charge < -0.3 is 0 Å². The Morgan fingerprint density at radius 2 is 1.79 bits per heavy atom. The fourth-order valence-corrected chi connectivity index (χ4v) is 4.33. The first-order chi connectivity index (χ1) is 8.52. The van der Waals surface area contributed by atoms with Crippen LogP contribution in [0.1, 0.15) is 48.0 Å². The first kappa shape index (κ1) is 14.5.